The highest BCUT2D eigenvalue weighted by atomic mass is 19.1. The van der Waals surface area contributed by atoms with Crippen LogP contribution in [-0.4, -0.2) is 20.7 Å². The summed E-state index contributed by atoms with van der Waals surface area (Å²) < 4.78 is 20.8. The molecule has 0 spiro atoms. The smallest absolute Gasteiger partial charge is 0.250 e. The second-order valence-corrected chi connectivity index (χ2v) is 7.37. The second-order valence-electron chi connectivity index (χ2n) is 7.37. The lowest BCUT2D eigenvalue weighted by atomic mass is 10.2. The van der Waals surface area contributed by atoms with Crippen LogP contribution >= 0.6 is 0 Å². The topological polar surface area (TPSA) is 73.0 Å². The number of aromatic nitrogens is 3. The van der Waals surface area contributed by atoms with E-state index in [1.165, 1.54) is 12.1 Å². The lowest BCUT2D eigenvalue weighted by Gasteiger charge is -2.07. The van der Waals surface area contributed by atoms with E-state index in [0.29, 0.717) is 18.3 Å². The fraction of sp³-hybridized carbons (Fsp3) is 0.0800. The first kappa shape index (κ1) is 19.7. The van der Waals surface area contributed by atoms with Gasteiger partial charge in [0.1, 0.15) is 12.4 Å². The summed E-state index contributed by atoms with van der Waals surface area (Å²) in [4.78, 5) is 12.6. The van der Waals surface area contributed by atoms with Crippen molar-refractivity contribution in [1.82, 2.24) is 20.1 Å². The van der Waals surface area contributed by atoms with E-state index in [4.69, 9.17) is 4.42 Å². The zero-order valence-corrected chi connectivity index (χ0v) is 17.0. The Morgan fingerprint density at radius 2 is 1.62 bits per heavy atom. The monoisotopic (exact) mass is 426 g/mol. The molecule has 2 aromatic heterocycles. The van der Waals surface area contributed by atoms with E-state index in [9.17, 15) is 9.18 Å². The van der Waals surface area contributed by atoms with Crippen LogP contribution in [0.1, 0.15) is 5.56 Å². The fourth-order valence-corrected chi connectivity index (χ4v) is 3.59. The maximum absolute atomic E-state index is 13.1. The van der Waals surface area contributed by atoms with E-state index in [1.807, 2.05) is 65.4 Å². The lowest BCUT2D eigenvalue weighted by Crippen LogP contribution is -2.26. The van der Waals surface area contributed by atoms with Gasteiger partial charge in [0.2, 0.25) is 17.7 Å². The van der Waals surface area contributed by atoms with Gasteiger partial charge in [0.05, 0.1) is 5.56 Å². The van der Waals surface area contributed by atoms with E-state index in [2.05, 4.69) is 15.5 Å². The average Bonchev–Trinajstić information content (AvgIpc) is 3.45. The molecule has 0 saturated heterocycles. The summed E-state index contributed by atoms with van der Waals surface area (Å²) in [5, 5.41) is 12.2. The van der Waals surface area contributed by atoms with Gasteiger partial charge in [-0.2, -0.15) is 0 Å². The predicted octanol–water partition coefficient (Wildman–Crippen LogP) is 4.81. The molecule has 3 aromatic carbocycles. The molecule has 0 aliphatic carbocycles. The van der Waals surface area contributed by atoms with Gasteiger partial charge in [-0.05, 0) is 35.9 Å². The molecule has 32 heavy (non-hydrogen) atoms. The van der Waals surface area contributed by atoms with Crippen LogP contribution < -0.4 is 5.32 Å². The van der Waals surface area contributed by atoms with Gasteiger partial charge in [-0.1, -0.05) is 48.5 Å². The SMILES string of the molecule is O=C(Cn1cc(-c2nnc(-c3ccccc3)o2)c2ccccc21)NCc1ccc(F)cc1. The molecule has 1 N–H and O–H groups in total. The van der Waals surface area contributed by atoms with Crippen molar-refractivity contribution in [1.29, 1.82) is 0 Å². The minimum absolute atomic E-state index is 0.126. The first-order chi connectivity index (χ1) is 15.7. The molecule has 5 aromatic rings. The normalized spacial score (nSPS) is 11.0. The Morgan fingerprint density at radius 3 is 2.44 bits per heavy atom. The molecule has 0 unspecified atom stereocenters. The standard InChI is InChI=1S/C25H19FN4O2/c26-19-12-10-17(11-13-19)14-27-23(31)16-30-15-21(20-8-4-5-9-22(20)30)25-29-28-24(32-25)18-6-2-1-3-7-18/h1-13,15H,14,16H2,(H,27,31). The van der Waals surface area contributed by atoms with Crippen molar-refractivity contribution in [3.8, 4) is 22.9 Å². The molecule has 0 aliphatic rings. The molecule has 0 bridgehead atoms. The largest absolute Gasteiger partial charge is 0.416 e. The molecule has 0 radical (unpaired) electrons. The minimum atomic E-state index is -0.303. The van der Waals surface area contributed by atoms with Crippen molar-refractivity contribution < 1.29 is 13.6 Å². The van der Waals surface area contributed by atoms with Crippen LogP contribution in [0.5, 0.6) is 0 Å². The Hall–Kier alpha value is -4.26. The van der Waals surface area contributed by atoms with Crippen LogP contribution in [0, 0.1) is 5.82 Å². The molecular formula is C25H19FN4O2. The first-order valence-corrected chi connectivity index (χ1v) is 10.2. The van der Waals surface area contributed by atoms with Crippen LogP contribution in [0.15, 0.2) is 89.5 Å². The number of hydrogen-bond donors (Lipinski definition) is 1. The molecule has 6 nitrogen and oxygen atoms in total. The van der Waals surface area contributed by atoms with E-state index in [-0.39, 0.29) is 18.3 Å². The zero-order valence-electron chi connectivity index (χ0n) is 17.0. The highest BCUT2D eigenvalue weighted by Gasteiger charge is 2.17. The van der Waals surface area contributed by atoms with Gasteiger partial charge in [-0.3, -0.25) is 4.79 Å². The predicted molar refractivity (Wildman–Crippen MR) is 119 cm³/mol. The Bertz CT molecular complexity index is 1370. The molecule has 0 aliphatic heterocycles. The molecular weight excluding hydrogens is 407 g/mol. The summed E-state index contributed by atoms with van der Waals surface area (Å²) in [6.07, 6.45) is 1.85. The number of carbonyl (C=O) groups is 1. The number of amides is 1. The number of nitrogens with one attached hydrogen (secondary N) is 1. The van der Waals surface area contributed by atoms with Gasteiger partial charge in [-0.25, -0.2) is 4.39 Å². The Kier molecular flexibility index (Phi) is 5.21. The van der Waals surface area contributed by atoms with Gasteiger partial charge < -0.3 is 14.3 Å². The minimum Gasteiger partial charge on any atom is -0.416 e. The fourth-order valence-electron chi connectivity index (χ4n) is 3.59. The molecule has 0 atom stereocenters. The quantitative estimate of drug-likeness (QED) is 0.423. The number of para-hydroxylation sites is 1. The Labute approximate surface area is 183 Å². The van der Waals surface area contributed by atoms with Gasteiger partial charge in [0, 0.05) is 29.2 Å². The third-order valence-corrected chi connectivity index (χ3v) is 5.18. The van der Waals surface area contributed by atoms with Crippen molar-refractivity contribution >= 4 is 16.8 Å². The Balaban J connectivity index is 1.39. The third-order valence-electron chi connectivity index (χ3n) is 5.18. The summed E-state index contributed by atoms with van der Waals surface area (Å²) in [6.45, 7) is 0.455. The van der Waals surface area contributed by atoms with Gasteiger partial charge in [0.25, 0.3) is 0 Å². The first-order valence-electron chi connectivity index (χ1n) is 10.2. The van der Waals surface area contributed by atoms with Crippen LogP contribution in [0.2, 0.25) is 0 Å². The third kappa shape index (κ3) is 4.00. The van der Waals surface area contributed by atoms with Crippen molar-refractivity contribution in [3.05, 3.63) is 96.4 Å². The number of carbonyl (C=O) groups excluding carboxylic acids is 1. The maximum atomic E-state index is 13.1. The van der Waals surface area contributed by atoms with Crippen LogP contribution in [0.4, 0.5) is 4.39 Å². The van der Waals surface area contributed by atoms with Crippen LogP contribution in [-0.2, 0) is 17.9 Å². The lowest BCUT2D eigenvalue weighted by molar-refractivity contribution is -0.121. The van der Waals surface area contributed by atoms with Gasteiger partial charge in [-0.15, -0.1) is 10.2 Å². The van der Waals surface area contributed by atoms with E-state index in [0.717, 1.165) is 27.6 Å². The van der Waals surface area contributed by atoms with Gasteiger partial charge >= 0.3 is 0 Å². The van der Waals surface area contributed by atoms with Crippen molar-refractivity contribution in [2.24, 2.45) is 0 Å². The number of fused-ring (bicyclic) bond motifs is 1. The van der Waals surface area contributed by atoms with E-state index >= 15 is 0 Å². The molecule has 1 amide bonds. The van der Waals surface area contributed by atoms with Crippen molar-refractivity contribution in [2.75, 3.05) is 0 Å². The number of halogens is 1. The summed E-state index contributed by atoms with van der Waals surface area (Å²) in [5.74, 6) is 0.375. The summed E-state index contributed by atoms with van der Waals surface area (Å²) in [7, 11) is 0. The molecule has 0 saturated carbocycles. The van der Waals surface area contributed by atoms with Gasteiger partial charge in [0.15, 0.2) is 0 Å². The van der Waals surface area contributed by atoms with E-state index < -0.39 is 0 Å². The summed E-state index contributed by atoms with van der Waals surface area (Å²) in [5.41, 5.74) is 3.33. The number of rotatable bonds is 6. The molecule has 7 heteroatoms. The van der Waals surface area contributed by atoms with Crippen molar-refractivity contribution in [3.63, 3.8) is 0 Å². The molecule has 158 valence electrons. The summed E-state index contributed by atoms with van der Waals surface area (Å²) in [6, 6.07) is 23.4. The highest BCUT2D eigenvalue weighted by molar-refractivity contribution is 5.95. The van der Waals surface area contributed by atoms with Crippen LogP contribution in [0.3, 0.4) is 0 Å². The molecule has 0 fully saturated rings. The van der Waals surface area contributed by atoms with Crippen molar-refractivity contribution in [2.45, 2.75) is 13.1 Å². The second kappa shape index (κ2) is 8.47. The number of hydrogen-bond acceptors (Lipinski definition) is 4. The zero-order chi connectivity index (χ0) is 21.9. The number of nitrogens with zero attached hydrogens (tertiary/aromatic N) is 3. The van der Waals surface area contributed by atoms with Crippen LogP contribution in [0.25, 0.3) is 33.8 Å². The average molecular weight is 426 g/mol. The summed E-state index contributed by atoms with van der Waals surface area (Å²) >= 11 is 0. The maximum Gasteiger partial charge on any atom is 0.250 e. The van der Waals surface area contributed by atoms with E-state index in [1.54, 1.807) is 12.1 Å². The molecule has 2 heterocycles. The molecule has 5 rings (SSSR count). The number of benzene rings is 3. The highest BCUT2D eigenvalue weighted by Crippen LogP contribution is 2.31. The Morgan fingerprint density at radius 1 is 0.906 bits per heavy atom.